The molecule has 0 aromatic heterocycles. The molecule has 2 nitrogen and oxygen atoms in total. The number of benzene rings is 2. The number of hydrogen-bond acceptors (Lipinski definition) is 2. The SMILES string of the molecule is Cc1ccc(SCc2ccc(C(=N)N)cc2F)c(C)c1. The van der Waals surface area contributed by atoms with Gasteiger partial charge in [-0.3, -0.25) is 5.41 Å². The van der Waals surface area contributed by atoms with Gasteiger partial charge in [-0.1, -0.05) is 29.8 Å². The van der Waals surface area contributed by atoms with Crippen LogP contribution in [0.25, 0.3) is 0 Å². The fourth-order valence-electron chi connectivity index (χ4n) is 1.95. The summed E-state index contributed by atoms with van der Waals surface area (Å²) in [7, 11) is 0. The largest absolute Gasteiger partial charge is 0.384 e. The Morgan fingerprint density at radius 1 is 1.20 bits per heavy atom. The Balaban J connectivity index is 2.13. The number of nitrogen functional groups attached to an aromatic ring is 1. The second-order valence-electron chi connectivity index (χ2n) is 4.78. The zero-order chi connectivity index (χ0) is 14.7. The van der Waals surface area contributed by atoms with Gasteiger partial charge in [0.15, 0.2) is 0 Å². The molecule has 0 saturated heterocycles. The first-order valence-electron chi connectivity index (χ1n) is 6.30. The predicted octanol–water partition coefficient (Wildman–Crippen LogP) is 4.02. The molecule has 0 spiro atoms. The molecule has 0 fully saturated rings. The van der Waals surface area contributed by atoms with E-state index >= 15 is 0 Å². The Bertz CT molecular complexity index is 653. The highest BCUT2D eigenvalue weighted by atomic mass is 32.2. The summed E-state index contributed by atoms with van der Waals surface area (Å²) in [6.45, 7) is 4.12. The first-order chi connectivity index (χ1) is 9.47. The van der Waals surface area contributed by atoms with Crippen molar-refractivity contribution in [1.29, 1.82) is 5.41 Å². The van der Waals surface area contributed by atoms with Gasteiger partial charge >= 0.3 is 0 Å². The van der Waals surface area contributed by atoms with Crippen molar-refractivity contribution < 1.29 is 4.39 Å². The van der Waals surface area contributed by atoms with E-state index in [4.69, 9.17) is 11.1 Å². The summed E-state index contributed by atoms with van der Waals surface area (Å²) in [5, 5.41) is 7.29. The fraction of sp³-hybridized carbons (Fsp3) is 0.188. The van der Waals surface area contributed by atoms with E-state index in [2.05, 4.69) is 32.0 Å². The molecule has 0 bridgehead atoms. The molecule has 0 aliphatic heterocycles. The molecule has 0 radical (unpaired) electrons. The van der Waals surface area contributed by atoms with E-state index in [1.54, 1.807) is 23.9 Å². The van der Waals surface area contributed by atoms with Crippen LogP contribution in [0.5, 0.6) is 0 Å². The Morgan fingerprint density at radius 2 is 1.95 bits per heavy atom. The van der Waals surface area contributed by atoms with Crippen molar-refractivity contribution in [2.24, 2.45) is 5.73 Å². The van der Waals surface area contributed by atoms with Gasteiger partial charge in [0.1, 0.15) is 11.7 Å². The van der Waals surface area contributed by atoms with Crippen molar-refractivity contribution >= 4 is 17.6 Å². The molecule has 0 aliphatic rings. The maximum atomic E-state index is 13.9. The smallest absolute Gasteiger partial charge is 0.127 e. The molecule has 0 atom stereocenters. The third kappa shape index (κ3) is 3.39. The highest BCUT2D eigenvalue weighted by molar-refractivity contribution is 7.98. The number of nitrogens with two attached hydrogens (primary N) is 1. The van der Waals surface area contributed by atoms with Crippen LogP contribution >= 0.6 is 11.8 Å². The molecular formula is C16H17FN2S. The lowest BCUT2D eigenvalue weighted by Gasteiger charge is -2.08. The molecule has 104 valence electrons. The van der Waals surface area contributed by atoms with E-state index in [9.17, 15) is 4.39 Å². The predicted molar refractivity (Wildman–Crippen MR) is 82.9 cm³/mol. The van der Waals surface area contributed by atoms with Gasteiger partial charge in [-0.2, -0.15) is 0 Å². The first kappa shape index (κ1) is 14.6. The average Bonchev–Trinajstić information content (AvgIpc) is 2.38. The molecule has 0 aliphatic carbocycles. The van der Waals surface area contributed by atoms with E-state index in [1.807, 2.05) is 0 Å². The molecule has 0 heterocycles. The van der Waals surface area contributed by atoms with Crippen molar-refractivity contribution in [1.82, 2.24) is 0 Å². The van der Waals surface area contributed by atoms with Gasteiger partial charge in [0.25, 0.3) is 0 Å². The van der Waals surface area contributed by atoms with E-state index in [0.29, 0.717) is 16.9 Å². The number of rotatable bonds is 4. The van der Waals surface area contributed by atoms with Crippen molar-refractivity contribution in [3.8, 4) is 0 Å². The van der Waals surface area contributed by atoms with Crippen LogP contribution in [0.1, 0.15) is 22.3 Å². The molecule has 2 aromatic carbocycles. The number of halogens is 1. The first-order valence-corrected chi connectivity index (χ1v) is 7.29. The molecule has 3 N–H and O–H groups in total. The molecule has 0 unspecified atom stereocenters. The van der Waals surface area contributed by atoms with Crippen LogP contribution < -0.4 is 5.73 Å². The maximum absolute atomic E-state index is 13.9. The van der Waals surface area contributed by atoms with Crippen LogP contribution in [0.4, 0.5) is 4.39 Å². The maximum Gasteiger partial charge on any atom is 0.127 e. The molecule has 2 rings (SSSR count). The minimum absolute atomic E-state index is 0.113. The van der Waals surface area contributed by atoms with Crippen molar-refractivity contribution in [3.05, 3.63) is 64.5 Å². The summed E-state index contributed by atoms with van der Waals surface area (Å²) in [6, 6.07) is 10.9. The summed E-state index contributed by atoms with van der Waals surface area (Å²) in [6.07, 6.45) is 0. The van der Waals surface area contributed by atoms with E-state index in [-0.39, 0.29) is 11.7 Å². The van der Waals surface area contributed by atoms with Crippen LogP contribution in [-0.2, 0) is 5.75 Å². The van der Waals surface area contributed by atoms with Crippen molar-refractivity contribution in [2.45, 2.75) is 24.5 Å². The van der Waals surface area contributed by atoms with Crippen LogP contribution in [0, 0.1) is 25.1 Å². The summed E-state index contributed by atoms with van der Waals surface area (Å²) in [4.78, 5) is 1.16. The van der Waals surface area contributed by atoms with Gasteiger partial charge in [0.2, 0.25) is 0 Å². The van der Waals surface area contributed by atoms with Crippen molar-refractivity contribution in [3.63, 3.8) is 0 Å². The number of nitrogens with one attached hydrogen (secondary N) is 1. The van der Waals surface area contributed by atoms with Gasteiger partial charge < -0.3 is 5.73 Å². The summed E-state index contributed by atoms with van der Waals surface area (Å²) in [5.41, 5.74) is 8.82. The minimum Gasteiger partial charge on any atom is -0.384 e. The molecule has 20 heavy (non-hydrogen) atoms. The lowest BCUT2D eigenvalue weighted by atomic mass is 10.1. The number of amidine groups is 1. The topological polar surface area (TPSA) is 49.9 Å². The minimum atomic E-state index is -0.310. The highest BCUT2D eigenvalue weighted by Gasteiger charge is 2.07. The highest BCUT2D eigenvalue weighted by Crippen LogP contribution is 2.27. The lowest BCUT2D eigenvalue weighted by molar-refractivity contribution is 0.617. The Kier molecular flexibility index (Phi) is 4.45. The summed E-state index contributed by atoms with van der Waals surface area (Å²) < 4.78 is 13.9. The molecular weight excluding hydrogens is 271 g/mol. The number of hydrogen-bond donors (Lipinski definition) is 2. The fourth-order valence-corrected chi connectivity index (χ4v) is 2.94. The molecule has 0 saturated carbocycles. The average molecular weight is 288 g/mol. The second kappa shape index (κ2) is 6.09. The zero-order valence-corrected chi connectivity index (χ0v) is 12.4. The van der Waals surface area contributed by atoms with Crippen LogP contribution in [0.15, 0.2) is 41.3 Å². The lowest BCUT2D eigenvalue weighted by Crippen LogP contribution is -2.11. The monoisotopic (exact) mass is 288 g/mol. The van der Waals surface area contributed by atoms with Crippen molar-refractivity contribution in [2.75, 3.05) is 0 Å². The normalized spacial score (nSPS) is 10.6. The second-order valence-corrected chi connectivity index (χ2v) is 5.79. The van der Waals surface area contributed by atoms with Gasteiger partial charge in [0.05, 0.1) is 0 Å². The summed E-state index contributed by atoms with van der Waals surface area (Å²) in [5.74, 6) is 0.140. The quantitative estimate of drug-likeness (QED) is 0.507. The van der Waals surface area contributed by atoms with Crippen LogP contribution in [0.3, 0.4) is 0 Å². The number of thioether (sulfide) groups is 1. The van der Waals surface area contributed by atoms with E-state index < -0.39 is 0 Å². The van der Waals surface area contributed by atoms with E-state index in [1.165, 1.54) is 17.2 Å². The third-order valence-electron chi connectivity index (χ3n) is 3.08. The van der Waals surface area contributed by atoms with Gasteiger partial charge in [-0.15, -0.1) is 11.8 Å². The standard InChI is InChI=1S/C16H17FN2S/c1-10-3-6-15(11(2)7-10)20-9-13-5-4-12(16(18)19)8-14(13)17/h3-8H,9H2,1-2H3,(H3,18,19). The van der Waals surface area contributed by atoms with Crippen LogP contribution in [0.2, 0.25) is 0 Å². The Labute approximate surface area is 122 Å². The zero-order valence-electron chi connectivity index (χ0n) is 11.5. The van der Waals surface area contributed by atoms with E-state index in [0.717, 1.165) is 4.90 Å². The van der Waals surface area contributed by atoms with Gasteiger partial charge in [-0.25, -0.2) is 4.39 Å². The molecule has 0 amide bonds. The number of aryl methyl sites for hydroxylation is 2. The molecule has 2 aromatic rings. The van der Waals surface area contributed by atoms with Crippen LogP contribution in [-0.4, -0.2) is 5.84 Å². The Hall–Kier alpha value is -1.81. The van der Waals surface area contributed by atoms with Gasteiger partial charge in [0, 0.05) is 16.2 Å². The Morgan fingerprint density at radius 3 is 2.55 bits per heavy atom. The molecule has 4 heteroatoms. The summed E-state index contributed by atoms with van der Waals surface area (Å²) >= 11 is 1.61. The van der Waals surface area contributed by atoms with Gasteiger partial charge in [-0.05, 0) is 37.1 Å². The third-order valence-corrected chi connectivity index (χ3v) is 4.30.